The molecule has 1 unspecified atom stereocenters. The fourth-order valence-electron chi connectivity index (χ4n) is 2.52. The van der Waals surface area contributed by atoms with E-state index in [1.165, 1.54) is 0 Å². The number of hydrogen-bond donors (Lipinski definition) is 1. The molecule has 2 aromatic heterocycles. The molecule has 1 atom stereocenters. The van der Waals surface area contributed by atoms with E-state index in [9.17, 15) is 9.90 Å². The molecule has 5 nitrogen and oxygen atoms in total. The summed E-state index contributed by atoms with van der Waals surface area (Å²) in [5, 5.41) is 13.7. The molecule has 0 aliphatic rings. The lowest BCUT2D eigenvalue weighted by molar-refractivity contribution is -0.138. The van der Waals surface area contributed by atoms with Crippen LogP contribution in [-0.4, -0.2) is 25.7 Å². The zero-order chi connectivity index (χ0) is 14.8. The molecule has 0 saturated carbocycles. The van der Waals surface area contributed by atoms with Gasteiger partial charge in [-0.2, -0.15) is 5.10 Å². The first kappa shape index (κ1) is 13.3. The van der Waals surface area contributed by atoms with E-state index in [4.69, 9.17) is 0 Å². The number of carboxylic acids is 1. The Morgan fingerprint density at radius 3 is 2.95 bits per heavy atom. The molecule has 0 fully saturated rings. The minimum Gasteiger partial charge on any atom is -0.481 e. The average Bonchev–Trinajstić information content (AvgIpc) is 2.93. The van der Waals surface area contributed by atoms with Gasteiger partial charge in [0.25, 0.3) is 0 Å². The first-order valence-corrected chi connectivity index (χ1v) is 6.72. The Bertz CT molecular complexity index is 795. The fraction of sp³-hybridized carbons (Fsp3) is 0.188. The quantitative estimate of drug-likeness (QED) is 0.797. The number of aromatic nitrogens is 3. The smallest absolute Gasteiger partial charge is 0.313 e. The molecule has 0 amide bonds. The van der Waals surface area contributed by atoms with Crippen LogP contribution in [0.3, 0.4) is 0 Å². The molecule has 0 aliphatic heterocycles. The third-order valence-electron chi connectivity index (χ3n) is 3.50. The summed E-state index contributed by atoms with van der Waals surface area (Å²) in [4.78, 5) is 16.0. The van der Waals surface area contributed by atoms with E-state index >= 15 is 0 Å². The number of aryl methyl sites for hydroxylation is 1. The van der Waals surface area contributed by atoms with Gasteiger partial charge >= 0.3 is 5.97 Å². The van der Waals surface area contributed by atoms with Crippen LogP contribution >= 0.6 is 0 Å². The first-order valence-electron chi connectivity index (χ1n) is 6.72. The Morgan fingerprint density at radius 2 is 2.19 bits per heavy atom. The van der Waals surface area contributed by atoms with E-state index in [1.54, 1.807) is 29.2 Å². The maximum absolute atomic E-state index is 11.7. The highest BCUT2D eigenvalue weighted by Gasteiger charge is 2.24. The van der Waals surface area contributed by atoms with Crippen LogP contribution in [0.4, 0.5) is 0 Å². The molecule has 0 saturated heterocycles. The molecule has 3 rings (SSSR count). The van der Waals surface area contributed by atoms with Crippen molar-refractivity contribution >= 4 is 11.5 Å². The second-order valence-electron chi connectivity index (χ2n) is 5.06. The molecular formula is C16H15N3O2. The van der Waals surface area contributed by atoms with Gasteiger partial charge in [-0.25, -0.2) is 4.52 Å². The highest BCUT2D eigenvalue weighted by Crippen LogP contribution is 2.23. The molecule has 21 heavy (non-hydrogen) atoms. The van der Waals surface area contributed by atoms with Gasteiger partial charge in [-0.1, -0.05) is 29.8 Å². The van der Waals surface area contributed by atoms with Crippen molar-refractivity contribution in [1.82, 2.24) is 14.6 Å². The molecule has 1 aromatic carbocycles. The van der Waals surface area contributed by atoms with E-state index in [-0.39, 0.29) is 0 Å². The van der Waals surface area contributed by atoms with Crippen LogP contribution in [0.15, 0.2) is 48.9 Å². The van der Waals surface area contributed by atoms with Gasteiger partial charge in [-0.15, -0.1) is 0 Å². The second-order valence-corrected chi connectivity index (χ2v) is 5.06. The summed E-state index contributed by atoms with van der Waals surface area (Å²) in [6, 6.07) is 9.67. The summed E-state index contributed by atoms with van der Waals surface area (Å²) in [6.07, 6.45) is 5.35. The van der Waals surface area contributed by atoms with Crippen molar-refractivity contribution in [2.45, 2.75) is 19.3 Å². The molecule has 3 aromatic rings. The van der Waals surface area contributed by atoms with Crippen molar-refractivity contribution in [2.24, 2.45) is 0 Å². The Balaban J connectivity index is 2.02. The predicted molar refractivity (Wildman–Crippen MR) is 78.2 cm³/mol. The SMILES string of the molecule is Cc1cccc(CC(C(=O)O)c2nccn3nccc23)c1. The number of hydrogen-bond acceptors (Lipinski definition) is 3. The summed E-state index contributed by atoms with van der Waals surface area (Å²) in [6.45, 7) is 2.00. The third kappa shape index (κ3) is 2.63. The van der Waals surface area contributed by atoms with Crippen molar-refractivity contribution in [1.29, 1.82) is 0 Å². The monoisotopic (exact) mass is 281 g/mol. The van der Waals surface area contributed by atoms with E-state index in [0.717, 1.165) is 16.6 Å². The Morgan fingerprint density at radius 1 is 1.33 bits per heavy atom. The second kappa shape index (κ2) is 5.36. The zero-order valence-corrected chi connectivity index (χ0v) is 11.6. The minimum absolute atomic E-state index is 0.412. The normalized spacial score (nSPS) is 12.4. The molecule has 0 bridgehead atoms. The maximum atomic E-state index is 11.7. The predicted octanol–water partition coefficient (Wildman–Crippen LogP) is 2.45. The Labute approximate surface area is 121 Å². The van der Waals surface area contributed by atoms with Crippen molar-refractivity contribution in [3.8, 4) is 0 Å². The lowest BCUT2D eigenvalue weighted by Crippen LogP contribution is -2.17. The van der Waals surface area contributed by atoms with Crippen LogP contribution in [0.1, 0.15) is 22.7 Å². The molecule has 0 radical (unpaired) electrons. The van der Waals surface area contributed by atoms with Gasteiger partial charge in [-0.05, 0) is 25.0 Å². The van der Waals surface area contributed by atoms with Crippen LogP contribution in [0.2, 0.25) is 0 Å². The lowest BCUT2D eigenvalue weighted by Gasteiger charge is -2.13. The van der Waals surface area contributed by atoms with Gasteiger partial charge in [-0.3, -0.25) is 9.78 Å². The summed E-state index contributed by atoms with van der Waals surface area (Å²) in [7, 11) is 0. The summed E-state index contributed by atoms with van der Waals surface area (Å²) in [5.74, 6) is -1.56. The number of carbonyl (C=O) groups is 1. The van der Waals surface area contributed by atoms with E-state index < -0.39 is 11.9 Å². The molecule has 0 spiro atoms. The Kier molecular flexibility index (Phi) is 3.39. The highest BCUT2D eigenvalue weighted by atomic mass is 16.4. The van der Waals surface area contributed by atoms with Crippen LogP contribution in [0.5, 0.6) is 0 Å². The molecule has 1 N–H and O–H groups in total. The molecular weight excluding hydrogens is 266 g/mol. The van der Waals surface area contributed by atoms with E-state index in [2.05, 4.69) is 10.1 Å². The zero-order valence-electron chi connectivity index (χ0n) is 11.6. The van der Waals surface area contributed by atoms with Gasteiger partial charge < -0.3 is 5.11 Å². The number of benzene rings is 1. The van der Waals surface area contributed by atoms with Crippen LogP contribution < -0.4 is 0 Å². The van der Waals surface area contributed by atoms with Gasteiger partial charge in [0.1, 0.15) is 5.92 Å². The van der Waals surface area contributed by atoms with Crippen molar-refractivity contribution in [2.75, 3.05) is 0 Å². The van der Waals surface area contributed by atoms with Crippen molar-refractivity contribution in [3.63, 3.8) is 0 Å². The molecule has 2 heterocycles. The number of fused-ring (bicyclic) bond motifs is 1. The van der Waals surface area contributed by atoms with Gasteiger partial charge in [0.15, 0.2) is 0 Å². The van der Waals surface area contributed by atoms with Crippen LogP contribution in [0.25, 0.3) is 5.52 Å². The van der Waals surface area contributed by atoms with Crippen LogP contribution in [-0.2, 0) is 11.2 Å². The van der Waals surface area contributed by atoms with E-state index in [0.29, 0.717) is 12.1 Å². The molecule has 5 heteroatoms. The van der Waals surface area contributed by atoms with Crippen LogP contribution in [0, 0.1) is 6.92 Å². The van der Waals surface area contributed by atoms with Gasteiger partial charge in [0, 0.05) is 12.4 Å². The summed E-state index contributed by atoms with van der Waals surface area (Å²) in [5.41, 5.74) is 3.39. The standard InChI is InChI=1S/C16H15N3O2/c1-11-3-2-4-12(9-11)10-13(16(20)21)15-14-5-6-18-19(14)8-7-17-15/h2-9,13H,10H2,1H3,(H,20,21). The number of rotatable bonds is 4. The lowest BCUT2D eigenvalue weighted by atomic mass is 9.94. The minimum atomic E-state index is -0.877. The van der Waals surface area contributed by atoms with E-state index in [1.807, 2.05) is 31.2 Å². The molecule has 106 valence electrons. The summed E-state index contributed by atoms with van der Waals surface area (Å²) < 4.78 is 1.65. The van der Waals surface area contributed by atoms with Crippen molar-refractivity contribution < 1.29 is 9.90 Å². The number of nitrogens with zero attached hydrogens (tertiary/aromatic N) is 3. The van der Waals surface area contributed by atoms with Gasteiger partial charge in [0.05, 0.1) is 17.4 Å². The highest BCUT2D eigenvalue weighted by molar-refractivity contribution is 5.79. The number of carboxylic acid groups (broad SMARTS) is 1. The molecule has 0 aliphatic carbocycles. The van der Waals surface area contributed by atoms with Gasteiger partial charge in [0.2, 0.25) is 0 Å². The maximum Gasteiger partial charge on any atom is 0.313 e. The topological polar surface area (TPSA) is 67.5 Å². The fourth-order valence-corrected chi connectivity index (χ4v) is 2.52. The third-order valence-corrected chi connectivity index (χ3v) is 3.50. The number of aliphatic carboxylic acids is 1. The Hall–Kier alpha value is -2.69. The summed E-state index contributed by atoms with van der Waals surface area (Å²) >= 11 is 0. The average molecular weight is 281 g/mol. The van der Waals surface area contributed by atoms with Crippen molar-refractivity contribution in [3.05, 3.63) is 65.7 Å². The first-order chi connectivity index (χ1) is 10.1. The largest absolute Gasteiger partial charge is 0.481 e.